The van der Waals surface area contributed by atoms with Crippen LogP contribution in [0.2, 0.25) is 0 Å². The van der Waals surface area contributed by atoms with Gasteiger partial charge in [-0.05, 0) is 18.9 Å². The zero-order valence-corrected chi connectivity index (χ0v) is 9.10. The van der Waals surface area contributed by atoms with Crippen LogP contribution in [0.4, 0.5) is 0 Å². The van der Waals surface area contributed by atoms with Crippen molar-refractivity contribution >= 4 is 5.78 Å². The highest BCUT2D eigenvalue weighted by Crippen LogP contribution is 2.34. The van der Waals surface area contributed by atoms with Crippen LogP contribution >= 0.6 is 0 Å². The molecule has 86 valence electrons. The van der Waals surface area contributed by atoms with E-state index in [1.165, 1.54) is 12.2 Å². The lowest BCUT2D eigenvalue weighted by molar-refractivity contribution is -0.126. The van der Waals surface area contributed by atoms with Crippen molar-refractivity contribution in [2.75, 3.05) is 0 Å². The third-order valence-corrected chi connectivity index (χ3v) is 2.77. The Balaban J connectivity index is 3.13. The fourth-order valence-electron chi connectivity index (χ4n) is 1.89. The van der Waals surface area contributed by atoms with E-state index in [-0.39, 0.29) is 11.4 Å². The molecule has 0 aromatic rings. The molecule has 0 heterocycles. The van der Waals surface area contributed by atoms with Crippen molar-refractivity contribution in [1.82, 2.24) is 0 Å². The molecule has 1 aliphatic carbocycles. The Bertz CT molecular complexity index is 365. The number of rotatable bonds is 4. The number of aliphatic hydroxyl groups is 2. The van der Waals surface area contributed by atoms with Gasteiger partial charge in [0, 0.05) is 0 Å². The molecule has 0 radical (unpaired) electrons. The van der Waals surface area contributed by atoms with E-state index in [0.717, 1.165) is 6.26 Å². The highest BCUT2D eigenvalue weighted by atomic mass is 16.3. The number of Topliss-reactive ketones (excluding diaryl/α,β-unsaturated/α-hetero) is 1. The standard InChI is InChI=1S/C13H16O3/c1-3-5-11-12(15)10(9-14)6-8-13(11,16)7-4-2/h3-4,6,8-9,11,14,16H,1-2,5,7H2. The van der Waals surface area contributed by atoms with Crippen LogP contribution in [-0.2, 0) is 4.79 Å². The Morgan fingerprint density at radius 3 is 2.62 bits per heavy atom. The van der Waals surface area contributed by atoms with Crippen LogP contribution in [0, 0.1) is 5.92 Å². The predicted molar refractivity (Wildman–Crippen MR) is 62.9 cm³/mol. The molecule has 0 saturated carbocycles. The van der Waals surface area contributed by atoms with Crippen molar-refractivity contribution in [1.29, 1.82) is 0 Å². The molecular formula is C13H16O3. The van der Waals surface area contributed by atoms with Crippen molar-refractivity contribution in [3.63, 3.8) is 0 Å². The van der Waals surface area contributed by atoms with E-state index in [4.69, 9.17) is 5.11 Å². The summed E-state index contributed by atoms with van der Waals surface area (Å²) in [5.41, 5.74) is -1.01. The lowest BCUT2D eigenvalue weighted by Crippen LogP contribution is -2.43. The second kappa shape index (κ2) is 4.94. The van der Waals surface area contributed by atoms with Gasteiger partial charge in [-0.2, -0.15) is 0 Å². The first-order valence-corrected chi connectivity index (χ1v) is 5.11. The van der Waals surface area contributed by atoms with Gasteiger partial charge in [0.15, 0.2) is 5.78 Å². The molecule has 0 aromatic carbocycles. The zero-order valence-electron chi connectivity index (χ0n) is 9.10. The van der Waals surface area contributed by atoms with Crippen molar-refractivity contribution in [3.8, 4) is 0 Å². The SMILES string of the molecule is C=CCC1C(=O)C(=CO)C=CC1(O)CC=C. The van der Waals surface area contributed by atoms with E-state index in [9.17, 15) is 9.90 Å². The van der Waals surface area contributed by atoms with Crippen LogP contribution in [0.1, 0.15) is 12.8 Å². The quantitative estimate of drug-likeness (QED) is 0.433. The lowest BCUT2D eigenvalue weighted by Gasteiger charge is -2.34. The normalized spacial score (nSPS) is 31.7. The summed E-state index contributed by atoms with van der Waals surface area (Å²) in [6.45, 7) is 7.13. The minimum absolute atomic E-state index is 0.209. The molecule has 2 unspecified atom stereocenters. The van der Waals surface area contributed by atoms with Crippen LogP contribution in [0.5, 0.6) is 0 Å². The van der Waals surface area contributed by atoms with Crippen LogP contribution in [0.25, 0.3) is 0 Å². The van der Waals surface area contributed by atoms with Crippen LogP contribution in [0.15, 0.2) is 49.3 Å². The molecule has 3 nitrogen and oxygen atoms in total. The summed E-state index contributed by atoms with van der Waals surface area (Å²) >= 11 is 0. The number of hydrogen-bond acceptors (Lipinski definition) is 3. The maximum atomic E-state index is 11.9. The highest BCUT2D eigenvalue weighted by Gasteiger charge is 2.41. The molecule has 0 bridgehead atoms. The van der Waals surface area contributed by atoms with E-state index in [1.807, 2.05) is 0 Å². The summed E-state index contributed by atoms with van der Waals surface area (Å²) in [5, 5.41) is 19.2. The second-order valence-corrected chi connectivity index (χ2v) is 3.84. The Kier molecular flexibility index (Phi) is 3.85. The van der Waals surface area contributed by atoms with Crippen molar-refractivity contribution in [3.05, 3.63) is 49.3 Å². The number of aliphatic hydroxyl groups excluding tert-OH is 1. The van der Waals surface area contributed by atoms with Gasteiger partial charge in [0.25, 0.3) is 0 Å². The molecule has 0 spiro atoms. The average Bonchev–Trinajstić information content (AvgIpc) is 2.25. The molecule has 0 saturated heterocycles. The second-order valence-electron chi connectivity index (χ2n) is 3.84. The average molecular weight is 220 g/mol. The maximum Gasteiger partial charge on any atom is 0.172 e. The van der Waals surface area contributed by atoms with Gasteiger partial charge < -0.3 is 10.2 Å². The van der Waals surface area contributed by atoms with Gasteiger partial charge in [-0.1, -0.05) is 18.2 Å². The monoisotopic (exact) mass is 220 g/mol. The number of ketones is 1. The largest absolute Gasteiger partial charge is 0.515 e. The topological polar surface area (TPSA) is 57.5 Å². The van der Waals surface area contributed by atoms with Crippen LogP contribution in [0.3, 0.4) is 0 Å². The van der Waals surface area contributed by atoms with E-state index in [1.54, 1.807) is 12.2 Å². The zero-order chi connectivity index (χ0) is 12.2. The van der Waals surface area contributed by atoms with Gasteiger partial charge in [0.05, 0.1) is 23.4 Å². The Morgan fingerprint density at radius 2 is 2.12 bits per heavy atom. The molecule has 0 fully saturated rings. The fourth-order valence-corrected chi connectivity index (χ4v) is 1.89. The highest BCUT2D eigenvalue weighted by molar-refractivity contribution is 6.01. The molecule has 1 rings (SSSR count). The molecule has 0 amide bonds. The molecule has 0 aromatic heterocycles. The Morgan fingerprint density at radius 1 is 1.44 bits per heavy atom. The van der Waals surface area contributed by atoms with Crippen molar-refractivity contribution in [2.45, 2.75) is 18.4 Å². The van der Waals surface area contributed by atoms with E-state index < -0.39 is 11.5 Å². The third kappa shape index (κ3) is 2.14. The Hall–Kier alpha value is -1.61. The van der Waals surface area contributed by atoms with Gasteiger partial charge in [-0.15, -0.1) is 13.2 Å². The summed E-state index contributed by atoms with van der Waals surface area (Å²) in [6, 6.07) is 0. The summed E-state index contributed by atoms with van der Waals surface area (Å²) in [4.78, 5) is 11.9. The third-order valence-electron chi connectivity index (χ3n) is 2.77. The molecule has 2 N–H and O–H groups in total. The summed E-state index contributed by atoms with van der Waals surface area (Å²) in [6.07, 6.45) is 7.56. The van der Waals surface area contributed by atoms with Gasteiger partial charge in [0.1, 0.15) is 0 Å². The van der Waals surface area contributed by atoms with Gasteiger partial charge in [0.2, 0.25) is 0 Å². The summed E-state index contributed by atoms with van der Waals surface area (Å²) < 4.78 is 0. The molecular weight excluding hydrogens is 204 g/mol. The number of allylic oxidation sites excluding steroid dienone is 3. The smallest absolute Gasteiger partial charge is 0.172 e. The fraction of sp³-hybridized carbons (Fsp3) is 0.308. The minimum Gasteiger partial charge on any atom is -0.515 e. The van der Waals surface area contributed by atoms with Crippen molar-refractivity contribution in [2.24, 2.45) is 5.92 Å². The Labute approximate surface area is 95.1 Å². The molecule has 0 aliphatic heterocycles. The first kappa shape index (κ1) is 12.5. The summed E-state index contributed by atoms with van der Waals surface area (Å²) in [5.74, 6) is -0.874. The summed E-state index contributed by atoms with van der Waals surface area (Å²) in [7, 11) is 0. The number of hydrogen-bond donors (Lipinski definition) is 2. The maximum absolute atomic E-state index is 11.9. The van der Waals surface area contributed by atoms with Crippen molar-refractivity contribution < 1.29 is 15.0 Å². The number of carbonyl (C=O) groups is 1. The van der Waals surface area contributed by atoms with Crippen LogP contribution < -0.4 is 0 Å². The lowest BCUT2D eigenvalue weighted by atomic mass is 9.74. The van der Waals surface area contributed by atoms with Gasteiger partial charge in [-0.3, -0.25) is 4.79 Å². The van der Waals surface area contributed by atoms with Gasteiger partial charge in [-0.25, -0.2) is 0 Å². The number of carbonyl (C=O) groups excluding carboxylic acids is 1. The van der Waals surface area contributed by atoms with E-state index in [2.05, 4.69) is 13.2 Å². The molecule has 3 heteroatoms. The van der Waals surface area contributed by atoms with Crippen LogP contribution in [-0.4, -0.2) is 21.6 Å². The predicted octanol–water partition coefficient (Wildman–Crippen LogP) is 2.07. The molecule has 1 aliphatic rings. The molecule has 16 heavy (non-hydrogen) atoms. The first-order valence-electron chi connectivity index (χ1n) is 5.11. The van der Waals surface area contributed by atoms with E-state index >= 15 is 0 Å². The first-order chi connectivity index (χ1) is 7.59. The minimum atomic E-state index is -1.22. The van der Waals surface area contributed by atoms with Gasteiger partial charge >= 0.3 is 0 Å². The van der Waals surface area contributed by atoms with E-state index in [0.29, 0.717) is 12.8 Å². The molecule has 2 atom stereocenters.